The molecular weight excluding hydrogens is 358 g/mol. The highest BCUT2D eigenvalue weighted by Crippen LogP contribution is 2.22. The molecule has 1 heterocycles. The number of benzene rings is 1. The number of fused-ring (bicyclic) bond motifs is 1. The Morgan fingerprint density at radius 2 is 1.96 bits per heavy atom. The third-order valence-electron chi connectivity index (χ3n) is 3.80. The largest absolute Gasteiger partial charge is 0.454 e. The monoisotopic (exact) mass is 381 g/mol. The van der Waals surface area contributed by atoms with Gasteiger partial charge in [0.2, 0.25) is 0 Å². The van der Waals surface area contributed by atoms with Crippen LogP contribution in [0, 0.1) is 0 Å². The van der Waals surface area contributed by atoms with Crippen LogP contribution >= 0.6 is 0 Å². The topological polar surface area (TPSA) is 114 Å². The summed E-state index contributed by atoms with van der Waals surface area (Å²) in [5.74, 6) is -1.00. The standard InChI is InChI=1S/C17H23N3O5S/c1-4-7-11(2)18-15(21)10-25-17(22)12(3)19-16-13-8-5-6-9-14(13)26(23,24)20-16/h5-6,8-9,11-12H,4,7,10H2,1-3H3,(H,18,21)(H,19,20)/t11-,12+/m1/s1. The van der Waals surface area contributed by atoms with Crippen LogP contribution in [0.3, 0.4) is 0 Å². The summed E-state index contributed by atoms with van der Waals surface area (Å²) in [6, 6.07) is 5.41. The molecule has 0 unspecified atom stereocenters. The van der Waals surface area contributed by atoms with Gasteiger partial charge in [-0.15, -0.1) is 0 Å². The van der Waals surface area contributed by atoms with Crippen molar-refractivity contribution in [3.8, 4) is 0 Å². The Hall–Kier alpha value is -2.42. The Kier molecular flexibility index (Phi) is 6.36. The van der Waals surface area contributed by atoms with E-state index in [1.807, 2.05) is 13.8 Å². The van der Waals surface area contributed by atoms with Crippen molar-refractivity contribution < 1.29 is 22.7 Å². The van der Waals surface area contributed by atoms with Crippen molar-refractivity contribution in [1.82, 2.24) is 10.0 Å². The van der Waals surface area contributed by atoms with Gasteiger partial charge in [0.25, 0.3) is 15.9 Å². The van der Waals surface area contributed by atoms with Gasteiger partial charge >= 0.3 is 5.97 Å². The fraction of sp³-hybridized carbons (Fsp3) is 0.471. The number of hydrogen-bond acceptors (Lipinski definition) is 6. The molecule has 8 nitrogen and oxygen atoms in total. The number of hydrogen-bond donors (Lipinski definition) is 2. The van der Waals surface area contributed by atoms with Gasteiger partial charge < -0.3 is 10.1 Å². The minimum atomic E-state index is -3.67. The number of carbonyl (C=O) groups is 2. The van der Waals surface area contributed by atoms with Crippen LogP contribution in [0.1, 0.15) is 39.2 Å². The lowest BCUT2D eigenvalue weighted by atomic mass is 10.2. The van der Waals surface area contributed by atoms with E-state index in [2.05, 4.69) is 15.0 Å². The van der Waals surface area contributed by atoms with Crippen molar-refractivity contribution in [2.45, 2.75) is 50.6 Å². The highest BCUT2D eigenvalue weighted by molar-refractivity contribution is 7.90. The van der Waals surface area contributed by atoms with E-state index >= 15 is 0 Å². The lowest BCUT2D eigenvalue weighted by Gasteiger charge is -2.13. The lowest BCUT2D eigenvalue weighted by Crippen LogP contribution is -2.36. The van der Waals surface area contributed by atoms with Crippen molar-refractivity contribution in [3.63, 3.8) is 0 Å². The fourth-order valence-corrected chi connectivity index (χ4v) is 3.79. The molecule has 0 bridgehead atoms. The predicted molar refractivity (Wildman–Crippen MR) is 96.2 cm³/mol. The lowest BCUT2D eigenvalue weighted by molar-refractivity contribution is -0.149. The molecule has 1 aliphatic heterocycles. The molecule has 2 atom stereocenters. The fourth-order valence-electron chi connectivity index (χ4n) is 2.56. The number of sulfonamides is 1. The molecule has 142 valence electrons. The van der Waals surface area contributed by atoms with Gasteiger partial charge in [0.1, 0.15) is 11.9 Å². The first-order valence-electron chi connectivity index (χ1n) is 8.40. The smallest absolute Gasteiger partial charge is 0.331 e. The number of nitrogens with zero attached hydrogens (tertiary/aromatic N) is 1. The van der Waals surface area contributed by atoms with Crippen LogP contribution in [0.4, 0.5) is 0 Å². The average Bonchev–Trinajstić information content (AvgIpc) is 2.83. The van der Waals surface area contributed by atoms with E-state index in [0.717, 1.165) is 12.8 Å². The van der Waals surface area contributed by atoms with Gasteiger partial charge in [0, 0.05) is 11.6 Å². The molecule has 9 heteroatoms. The maximum Gasteiger partial charge on any atom is 0.331 e. The Bertz CT molecular complexity index is 819. The van der Waals surface area contributed by atoms with Gasteiger partial charge in [-0.3, -0.25) is 14.5 Å². The Balaban J connectivity index is 1.97. The van der Waals surface area contributed by atoms with Crippen LogP contribution in [0.2, 0.25) is 0 Å². The molecule has 26 heavy (non-hydrogen) atoms. The molecular formula is C17H23N3O5S. The van der Waals surface area contributed by atoms with Gasteiger partial charge in [0.05, 0.1) is 4.90 Å². The molecule has 2 N–H and O–H groups in total. The van der Waals surface area contributed by atoms with E-state index in [4.69, 9.17) is 4.74 Å². The van der Waals surface area contributed by atoms with Gasteiger partial charge in [-0.05, 0) is 32.4 Å². The van der Waals surface area contributed by atoms with E-state index in [9.17, 15) is 18.0 Å². The first-order valence-corrected chi connectivity index (χ1v) is 9.89. The molecule has 1 aliphatic rings. The predicted octanol–water partition coefficient (Wildman–Crippen LogP) is 0.962. The number of aliphatic imine (C=N–C) groups is 1. The molecule has 1 aromatic carbocycles. The van der Waals surface area contributed by atoms with E-state index < -0.39 is 28.6 Å². The number of esters is 1. The maximum absolute atomic E-state index is 12.0. The molecule has 0 saturated heterocycles. The summed E-state index contributed by atoms with van der Waals surface area (Å²) in [7, 11) is -3.67. The summed E-state index contributed by atoms with van der Waals surface area (Å²) in [6.45, 7) is 4.97. The van der Waals surface area contributed by atoms with Crippen LogP contribution in [-0.4, -0.2) is 44.8 Å². The van der Waals surface area contributed by atoms with Gasteiger partial charge in [-0.1, -0.05) is 25.5 Å². The van der Waals surface area contributed by atoms with Crippen molar-refractivity contribution in [2.75, 3.05) is 6.61 Å². The third kappa shape index (κ3) is 4.81. The first kappa shape index (κ1) is 19.9. The maximum atomic E-state index is 12.0. The van der Waals surface area contributed by atoms with E-state index in [0.29, 0.717) is 5.56 Å². The molecule has 1 amide bonds. The molecule has 0 saturated carbocycles. The Morgan fingerprint density at radius 3 is 2.65 bits per heavy atom. The van der Waals surface area contributed by atoms with Crippen LogP contribution in [-0.2, 0) is 24.3 Å². The number of ether oxygens (including phenoxy) is 1. The van der Waals surface area contributed by atoms with Crippen molar-refractivity contribution in [2.24, 2.45) is 4.99 Å². The van der Waals surface area contributed by atoms with Crippen LogP contribution in [0.5, 0.6) is 0 Å². The van der Waals surface area contributed by atoms with Crippen molar-refractivity contribution in [1.29, 1.82) is 0 Å². The zero-order chi connectivity index (χ0) is 19.3. The summed E-state index contributed by atoms with van der Waals surface area (Å²) >= 11 is 0. The Morgan fingerprint density at radius 1 is 1.27 bits per heavy atom. The zero-order valence-corrected chi connectivity index (χ0v) is 15.8. The molecule has 0 fully saturated rings. The van der Waals surface area contributed by atoms with E-state index in [1.54, 1.807) is 18.2 Å². The van der Waals surface area contributed by atoms with Gasteiger partial charge in [-0.2, -0.15) is 0 Å². The van der Waals surface area contributed by atoms with Crippen LogP contribution in [0.15, 0.2) is 34.2 Å². The average molecular weight is 381 g/mol. The van der Waals surface area contributed by atoms with E-state index in [-0.39, 0.29) is 22.7 Å². The normalized spacial score (nSPS) is 18.5. The Labute approximate surface area is 153 Å². The highest BCUT2D eigenvalue weighted by Gasteiger charge is 2.31. The summed E-state index contributed by atoms with van der Waals surface area (Å²) in [5, 5.41) is 2.73. The summed E-state index contributed by atoms with van der Waals surface area (Å²) < 4.78 is 31.3. The summed E-state index contributed by atoms with van der Waals surface area (Å²) in [4.78, 5) is 28.0. The zero-order valence-electron chi connectivity index (χ0n) is 15.0. The second-order valence-electron chi connectivity index (χ2n) is 6.12. The molecule has 0 aliphatic carbocycles. The number of amidine groups is 1. The second-order valence-corrected chi connectivity index (χ2v) is 7.77. The van der Waals surface area contributed by atoms with Crippen molar-refractivity contribution >= 4 is 27.7 Å². The minimum absolute atomic E-state index is 0.00765. The number of carbonyl (C=O) groups excluding carboxylic acids is 2. The third-order valence-corrected chi connectivity index (χ3v) is 5.20. The SMILES string of the molecule is CCC[C@@H](C)NC(=O)COC(=O)[C@H](C)N=C1NS(=O)(=O)c2ccccc21. The minimum Gasteiger partial charge on any atom is -0.454 e. The van der Waals surface area contributed by atoms with Gasteiger partial charge in [0.15, 0.2) is 6.61 Å². The quantitative estimate of drug-likeness (QED) is 0.683. The first-order chi connectivity index (χ1) is 12.2. The molecule has 1 aromatic rings. The summed E-state index contributed by atoms with van der Waals surface area (Å²) in [6.07, 6.45) is 1.77. The van der Waals surface area contributed by atoms with Gasteiger partial charge in [-0.25, -0.2) is 13.2 Å². The van der Waals surface area contributed by atoms with Crippen LogP contribution in [0.25, 0.3) is 0 Å². The van der Waals surface area contributed by atoms with Crippen molar-refractivity contribution in [3.05, 3.63) is 29.8 Å². The van der Waals surface area contributed by atoms with Crippen LogP contribution < -0.4 is 10.0 Å². The molecule has 0 spiro atoms. The molecule has 0 radical (unpaired) electrons. The highest BCUT2D eigenvalue weighted by atomic mass is 32.2. The molecule has 0 aromatic heterocycles. The summed E-state index contributed by atoms with van der Waals surface area (Å²) in [5.41, 5.74) is 0.401. The number of rotatable bonds is 7. The number of amides is 1. The molecule has 2 rings (SSSR count). The number of nitrogens with one attached hydrogen (secondary N) is 2. The van der Waals surface area contributed by atoms with E-state index in [1.165, 1.54) is 13.0 Å². The second kappa shape index (κ2) is 8.31.